The average molecular weight is 398 g/mol. The van der Waals surface area contributed by atoms with Crippen LogP contribution in [-0.2, 0) is 17.9 Å². The molecule has 1 aromatic carbocycles. The summed E-state index contributed by atoms with van der Waals surface area (Å²) >= 11 is 1.77. The Hall–Kier alpha value is -2.78. The summed E-state index contributed by atoms with van der Waals surface area (Å²) in [5.74, 6) is 1.23. The van der Waals surface area contributed by atoms with Crippen molar-refractivity contribution in [2.75, 3.05) is 33.3 Å². The van der Waals surface area contributed by atoms with Gasteiger partial charge < -0.3 is 9.64 Å². The number of nitrogens with zero attached hydrogens (tertiary/aromatic N) is 6. The minimum Gasteiger partial charge on any atom is -0.497 e. The zero-order valence-electron chi connectivity index (χ0n) is 15.7. The first kappa shape index (κ1) is 18.6. The van der Waals surface area contributed by atoms with Gasteiger partial charge in [-0.1, -0.05) is 18.2 Å². The molecule has 0 atom stereocenters. The Labute approximate surface area is 167 Å². The van der Waals surface area contributed by atoms with E-state index in [1.54, 1.807) is 18.4 Å². The Morgan fingerprint density at radius 2 is 2.04 bits per heavy atom. The van der Waals surface area contributed by atoms with Gasteiger partial charge in [-0.25, -0.2) is 0 Å². The fourth-order valence-corrected chi connectivity index (χ4v) is 3.93. The van der Waals surface area contributed by atoms with E-state index in [1.165, 1.54) is 9.67 Å². The second kappa shape index (κ2) is 8.49. The van der Waals surface area contributed by atoms with Crippen LogP contribution >= 0.6 is 11.3 Å². The summed E-state index contributed by atoms with van der Waals surface area (Å²) in [7, 11) is 1.61. The Morgan fingerprint density at radius 3 is 2.79 bits per heavy atom. The maximum Gasteiger partial charge on any atom is 0.246 e. The summed E-state index contributed by atoms with van der Waals surface area (Å²) in [4.78, 5) is 19.6. The van der Waals surface area contributed by atoms with E-state index >= 15 is 0 Å². The molecule has 146 valence electrons. The van der Waals surface area contributed by atoms with E-state index in [-0.39, 0.29) is 12.5 Å². The van der Waals surface area contributed by atoms with Gasteiger partial charge in [0.05, 0.1) is 7.11 Å². The maximum absolute atomic E-state index is 12.6. The normalized spacial score (nSPS) is 15.0. The second-order valence-corrected chi connectivity index (χ2v) is 7.64. The Bertz CT molecular complexity index is 918. The van der Waals surface area contributed by atoms with Crippen molar-refractivity contribution >= 4 is 17.2 Å². The minimum atomic E-state index is 0.0189. The number of carbonyl (C=O) groups is 1. The highest BCUT2D eigenvalue weighted by Crippen LogP contribution is 2.20. The summed E-state index contributed by atoms with van der Waals surface area (Å²) < 4.78 is 5.22. The van der Waals surface area contributed by atoms with Crippen LogP contribution < -0.4 is 4.74 Å². The number of hydrogen-bond acceptors (Lipinski definition) is 7. The van der Waals surface area contributed by atoms with Crippen molar-refractivity contribution in [3.63, 3.8) is 0 Å². The predicted molar refractivity (Wildman–Crippen MR) is 106 cm³/mol. The SMILES string of the molecule is COc1cccc(-c2nnn(CC(=O)N3CCN(Cc4cccs4)CC3)n2)c1. The third-order valence-electron chi connectivity index (χ3n) is 4.74. The molecule has 0 aliphatic carbocycles. The van der Waals surface area contributed by atoms with E-state index in [4.69, 9.17) is 4.74 Å². The number of benzene rings is 1. The number of amides is 1. The first-order valence-electron chi connectivity index (χ1n) is 9.16. The fraction of sp³-hybridized carbons (Fsp3) is 0.368. The average Bonchev–Trinajstić information content (AvgIpc) is 3.41. The molecule has 0 spiro atoms. The first-order valence-corrected chi connectivity index (χ1v) is 10.0. The molecule has 3 heterocycles. The smallest absolute Gasteiger partial charge is 0.246 e. The third-order valence-corrected chi connectivity index (χ3v) is 5.60. The molecule has 28 heavy (non-hydrogen) atoms. The van der Waals surface area contributed by atoms with E-state index in [2.05, 4.69) is 37.8 Å². The van der Waals surface area contributed by atoms with Gasteiger partial charge in [-0.15, -0.1) is 21.5 Å². The number of tetrazole rings is 1. The van der Waals surface area contributed by atoms with E-state index in [1.807, 2.05) is 29.2 Å². The van der Waals surface area contributed by atoms with Gasteiger partial charge in [0.15, 0.2) is 0 Å². The molecule has 0 unspecified atom stereocenters. The molecular weight excluding hydrogens is 376 g/mol. The van der Waals surface area contributed by atoms with E-state index in [0.29, 0.717) is 5.82 Å². The van der Waals surface area contributed by atoms with Gasteiger partial charge in [-0.05, 0) is 28.8 Å². The third kappa shape index (κ3) is 4.37. The van der Waals surface area contributed by atoms with Crippen LogP contribution in [0.25, 0.3) is 11.4 Å². The monoisotopic (exact) mass is 398 g/mol. The molecule has 1 saturated heterocycles. The molecule has 1 fully saturated rings. The van der Waals surface area contributed by atoms with Crippen molar-refractivity contribution in [1.82, 2.24) is 30.0 Å². The number of carbonyl (C=O) groups excluding carboxylic acids is 1. The number of methoxy groups -OCH3 is 1. The number of rotatable bonds is 6. The zero-order chi connectivity index (χ0) is 19.3. The molecule has 1 amide bonds. The number of piperazine rings is 1. The van der Waals surface area contributed by atoms with Gasteiger partial charge in [-0.2, -0.15) is 4.80 Å². The largest absolute Gasteiger partial charge is 0.497 e. The van der Waals surface area contributed by atoms with E-state index in [9.17, 15) is 4.79 Å². The van der Waals surface area contributed by atoms with Crippen LogP contribution in [-0.4, -0.2) is 69.2 Å². The molecular formula is C19H22N6O2S. The van der Waals surface area contributed by atoms with Crippen LogP contribution in [0.5, 0.6) is 5.75 Å². The molecule has 4 rings (SSSR count). The number of thiophene rings is 1. The molecule has 1 aliphatic rings. The summed E-state index contributed by atoms with van der Waals surface area (Å²) in [6.07, 6.45) is 0. The van der Waals surface area contributed by atoms with Gasteiger partial charge in [0.2, 0.25) is 11.7 Å². The first-order chi connectivity index (χ1) is 13.7. The fourth-order valence-electron chi connectivity index (χ4n) is 3.19. The Balaban J connectivity index is 1.31. The van der Waals surface area contributed by atoms with E-state index in [0.717, 1.165) is 44.0 Å². The predicted octanol–water partition coefficient (Wildman–Crippen LogP) is 1.75. The van der Waals surface area contributed by atoms with Crippen molar-refractivity contribution < 1.29 is 9.53 Å². The minimum absolute atomic E-state index is 0.0189. The van der Waals surface area contributed by atoms with Crippen molar-refractivity contribution in [2.45, 2.75) is 13.1 Å². The lowest BCUT2D eigenvalue weighted by Crippen LogP contribution is -2.49. The van der Waals surface area contributed by atoms with Gasteiger partial charge in [0.25, 0.3) is 0 Å². The van der Waals surface area contributed by atoms with Crippen LogP contribution in [0, 0.1) is 0 Å². The summed E-state index contributed by atoms with van der Waals surface area (Å²) in [6.45, 7) is 4.26. The maximum atomic E-state index is 12.6. The van der Waals surface area contributed by atoms with Crippen molar-refractivity contribution in [3.05, 3.63) is 46.7 Å². The zero-order valence-corrected chi connectivity index (χ0v) is 16.5. The van der Waals surface area contributed by atoms with Crippen molar-refractivity contribution in [1.29, 1.82) is 0 Å². The van der Waals surface area contributed by atoms with Crippen LogP contribution in [0.2, 0.25) is 0 Å². The van der Waals surface area contributed by atoms with Crippen LogP contribution in [0.3, 0.4) is 0 Å². The lowest BCUT2D eigenvalue weighted by atomic mass is 10.2. The lowest BCUT2D eigenvalue weighted by molar-refractivity contribution is -0.134. The number of aromatic nitrogens is 4. The molecule has 1 aliphatic heterocycles. The van der Waals surface area contributed by atoms with Crippen molar-refractivity contribution in [3.8, 4) is 17.1 Å². The highest BCUT2D eigenvalue weighted by Gasteiger charge is 2.22. The number of hydrogen-bond donors (Lipinski definition) is 0. The summed E-state index contributed by atoms with van der Waals surface area (Å²) in [5, 5.41) is 14.5. The molecule has 9 heteroatoms. The lowest BCUT2D eigenvalue weighted by Gasteiger charge is -2.34. The van der Waals surface area contributed by atoms with Crippen molar-refractivity contribution in [2.24, 2.45) is 0 Å². The van der Waals surface area contributed by atoms with Crippen LogP contribution in [0.15, 0.2) is 41.8 Å². The van der Waals surface area contributed by atoms with Crippen LogP contribution in [0.1, 0.15) is 4.88 Å². The summed E-state index contributed by atoms with van der Waals surface area (Å²) in [5.41, 5.74) is 0.806. The standard InChI is InChI=1S/C19H22N6O2S/c1-27-16-5-2-4-15(12-16)19-20-22-25(21-19)14-18(26)24-9-7-23(8-10-24)13-17-6-3-11-28-17/h2-6,11-12H,7-10,13-14H2,1H3. The van der Waals surface area contributed by atoms with Gasteiger partial charge in [0.1, 0.15) is 12.3 Å². The molecule has 8 nitrogen and oxygen atoms in total. The topological polar surface area (TPSA) is 76.4 Å². The molecule has 0 radical (unpaired) electrons. The molecule has 3 aromatic rings. The second-order valence-electron chi connectivity index (χ2n) is 6.61. The molecule has 0 saturated carbocycles. The van der Waals surface area contributed by atoms with Gasteiger partial charge >= 0.3 is 0 Å². The van der Waals surface area contributed by atoms with Gasteiger partial charge in [0, 0.05) is 43.2 Å². The highest BCUT2D eigenvalue weighted by atomic mass is 32.1. The molecule has 0 bridgehead atoms. The van der Waals surface area contributed by atoms with E-state index < -0.39 is 0 Å². The Morgan fingerprint density at radius 1 is 1.18 bits per heavy atom. The van der Waals surface area contributed by atoms with Crippen LogP contribution in [0.4, 0.5) is 0 Å². The Kier molecular flexibility index (Phi) is 5.63. The molecule has 0 N–H and O–H groups in total. The summed E-state index contributed by atoms with van der Waals surface area (Å²) in [6, 6.07) is 11.7. The molecule has 2 aromatic heterocycles. The number of ether oxygens (including phenoxy) is 1. The quantitative estimate of drug-likeness (QED) is 0.630. The highest BCUT2D eigenvalue weighted by molar-refractivity contribution is 7.09. The van der Waals surface area contributed by atoms with Gasteiger partial charge in [-0.3, -0.25) is 9.69 Å².